The van der Waals surface area contributed by atoms with Crippen molar-refractivity contribution in [1.29, 1.82) is 5.26 Å². The molecule has 0 radical (unpaired) electrons. The summed E-state index contributed by atoms with van der Waals surface area (Å²) in [5.74, 6) is 1.38. The summed E-state index contributed by atoms with van der Waals surface area (Å²) in [5, 5.41) is 8.58. The number of rotatable bonds is 4. The quantitative estimate of drug-likeness (QED) is 0.822. The molecule has 2 nitrogen and oxygen atoms in total. The average molecular weight is 281 g/mol. The average Bonchev–Trinajstić information content (AvgIpc) is 3.00. The number of aryl methyl sites for hydroxylation is 1. The molecule has 3 heteroatoms. The molecule has 0 fully saturated rings. The molecule has 0 aliphatic heterocycles. The third kappa shape index (κ3) is 2.90. The van der Waals surface area contributed by atoms with E-state index in [0.717, 1.165) is 53.9 Å². The summed E-state index contributed by atoms with van der Waals surface area (Å²) in [6.07, 6.45) is 3.93. The monoisotopic (exact) mass is 281 g/mol. The van der Waals surface area contributed by atoms with Crippen LogP contribution in [0.1, 0.15) is 29.5 Å². The van der Waals surface area contributed by atoms with Gasteiger partial charge >= 0.3 is 0 Å². The first kappa shape index (κ1) is 13.6. The topological polar surface area (TPSA) is 33.0 Å². The van der Waals surface area contributed by atoms with E-state index < -0.39 is 0 Å². The molecular formula is C18H16FNO. The van der Waals surface area contributed by atoms with E-state index >= 15 is 0 Å². The van der Waals surface area contributed by atoms with Crippen LogP contribution in [0.2, 0.25) is 0 Å². The maximum Gasteiger partial charge on any atom is 0.131 e. The number of ether oxygens (including phenoxy) is 1. The molecule has 0 unspecified atom stereocenters. The Labute approximate surface area is 123 Å². The fourth-order valence-corrected chi connectivity index (χ4v) is 2.78. The molecule has 0 N–H and O–H groups in total. The lowest BCUT2D eigenvalue weighted by molar-refractivity contribution is 0.474. The Kier molecular flexibility index (Phi) is 3.87. The van der Waals surface area contributed by atoms with Crippen molar-refractivity contribution in [3.8, 4) is 17.6 Å². The summed E-state index contributed by atoms with van der Waals surface area (Å²) in [4.78, 5) is 0. The summed E-state index contributed by atoms with van der Waals surface area (Å²) in [6.45, 7) is 0. The number of halogens is 1. The van der Waals surface area contributed by atoms with Crippen molar-refractivity contribution in [3.05, 3.63) is 58.9 Å². The standard InChI is InChI=1S/C18H16FNO/c19-17-10-11-18(16-5-1-4-15(16)17)21-14-8-6-13(7-9-14)3-2-12-20/h6-11H,1-5H2. The molecule has 3 rings (SSSR count). The first-order valence-electron chi connectivity index (χ1n) is 7.22. The predicted octanol–water partition coefficient (Wildman–Crippen LogP) is 4.56. The number of fused-ring (bicyclic) bond motifs is 1. The van der Waals surface area contributed by atoms with Gasteiger partial charge in [-0.2, -0.15) is 5.26 Å². The van der Waals surface area contributed by atoms with Gasteiger partial charge in [0.15, 0.2) is 0 Å². The van der Waals surface area contributed by atoms with Crippen molar-refractivity contribution in [1.82, 2.24) is 0 Å². The Morgan fingerprint density at radius 1 is 1.05 bits per heavy atom. The minimum atomic E-state index is -0.123. The molecule has 2 aromatic carbocycles. The summed E-state index contributed by atoms with van der Waals surface area (Å²) in [6, 6.07) is 13.1. The van der Waals surface area contributed by atoms with Crippen molar-refractivity contribution in [3.63, 3.8) is 0 Å². The number of hydrogen-bond acceptors (Lipinski definition) is 2. The van der Waals surface area contributed by atoms with E-state index in [0.29, 0.717) is 6.42 Å². The van der Waals surface area contributed by atoms with Gasteiger partial charge in [-0.15, -0.1) is 0 Å². The zero-order chi connectivity index (χ0) is 14.7. The van der Waals surface area contributed by atoms with E-state index in [-0.39, 0.29) is 5.82 Å². The van der Waals surface area contributed by atoms with E-state index in [2.05, 4.69) is 6.07 Å². The fourth-order valence-electron chi connectivity index (χ4n) is 2.78. The summed E-state index contributed by atoms with van der Waals surface area (Å²) >= 11 is 0. The molecule has 0 spiro atoms. The maximum atomic E-state index is 13.7. The molecule has 21 heavy (non-hydrogen) atoms. The second kappa shape index (κ2) is 5.97. The van der Waals surface area contributed by atoms with E-state index in [1.807, 2.05) is 24.3 Å². The Bertz CT molecular complexity index is 686. The van der Waals surface area contributed by atoms with Crippen LogP contribution in [0.5, 0.6) is 11.5 Å². The summed E-state index contributed by atoms with van der Waals surface area (Å²) < 4.78 is 19.6. The molecule has 0 amide bonds. The Morgan fingerprint density at radius 2 is 1.81 bits per heavy atom. The van der Waals surface area contributed by atoms with E-state index in [1.54, 1.807) is 6.07 Å². The van der Waals surface area contributed by atoms with Crippen molar-refractivity contribution in [2.45, 2.75) is 32.1 Å². The van der Waals surface area contributed by atoms with Gasteiger partial charge in [0, 0.05) is 12.0 Å². The van der Waals surface area contributed by atoms with Crippen molar-refractivity contribution in [2.75, 3.05) is 0 Å². The maximum absolute atomic E-state index is 13.7. The highest BCUT2D eigenvalue weighted by molar-refractivity contribution is 5.46. The van der Waals surface area contributed by atoms with Crippen molar-refractivity contribution in [2.24, 2.45) is 0 Å². The van der Waals surface area contributed by atoms with E-state index in [1.165, 1.54) is 6.07 Å². The minimum absolute atomic E-state index is 0.123. The highest BCUT2D eigenvalue weighted by Crippen LogP contribution is 2.35. The van der Waals surface area contributed by atoms with Crippen molar-refractivity contribution >= 4 is 0 Å². The van der Waals surface area contributed by atoms with Crippen LogP contribution in [-0.2, 0) is 19.3 Å². The molecule has 0 atom stereocenters. The smallest absolute Gasteiger partial charge is 0.131 e. The first-order chi connectivity index (χ1) is 10.3. The second-order valence-electron chi connectivity index (χ2n) is 5.26. The molecule has 2 aromatic rings. The highest BCUT2D eigenvalue weighted by atomic mass is 19.1. The number of nitriles is 1. The molecule has 0 bridgehead atoms. The molecule has 0 saturated carbocycles. The summed E-state index contributed by atoms with van der Waals surface area (Å²) in [7, 11) is 0. The van der Waals surface area contributed by atoms with Gasteiger partial charge in [0.25, 0.3) is 0 Å². The van der Waals surface area contributed by atoms with Gasteiger partial charge in [0.2, 0.25) is 0 Å². The zero-order valence-electron chi connectivity index (χ0n) is 11.7. The molecule has 0 heterocycles. The Balaban J connectivity index is 1.78. The van der Waals surface area contributed by atoms with Crippen LogP contribution in [0, 0.1) is 17.1 Å². The normalized spacial score (nSPS) is 12.8. The lowest BCUT2D eigenvalue weighted by Crippen LogP contribution is -1.94. The number of hydrogen-bond donors (Lipinski definition) is 0. The van der Waals surface area contributed by atoms with E-state index in [4.69, 9.17) is 10.00 Å². The minimum Gasteiger partial charge on any atom is -0.457 e. The third-order valence-electron chi connectivity index (χ3n) is 3.86. The zero-order valence-corrected chi connectivity index (χ0v) is 11.7. The second-order valence-corrected chi connectivity index (χ2v) is 5.26. The third-order valence-corrected chi connectivity index (χ3v) is 3.86. The molecule has 1 aliphatic rings. The van der Waals surface area contributed by atoms with Crippen LogP contribution >= 0.6 is 0 Å². The van der Waals surface area contributed by atoms with Crippen molar-refractivity contribution < 1.29 is 9.13 Å². The van der Waals surface area contributed by atoms with Gasteiger partial charge in [0.05, 0.1) is 6.07 Å². The first-order valence-corrected chi connectivity index (χ1v) is 7.22. The lowest BCUT2D eigenvalue weighted by atomic mass is 10.1. The Morgan fingerprint density at radius 3 is 2.57 bits per heavy atom. The number of nitrogens with zero attached hydrogens (tertiary/aromatic N) is 1. The highest BCUT2D eigenvalue weighted by Gasteiger charge is 2.19. The molecule has 1 aliphatic carbocycles. The van der Waals surface area contributed by atoms with Gasteiger partial charge in [-0.1, -0.05) is 12.1 Å². The predicted molar refractivity (Wildman–Crippen MR) is 78.9 cm³/mol. The van der Waals surface area contributed by atoms with Gasteiger partial charge in [0.1, 0.15) is 17.3 Å². The molecule has 106 valence electrons. The summed E-state index contributed by atoms with van der Waals surface area (Å²) in [5.41, 5.74) is 2.93. The van der Waals surface area contributed by atoms with Gasteiger partial charge in [-0.05, 0) is 61.1 Å². The van der Waals surface area contributed by atoms with Crippen LogP contribution in [0.25, 0.3) is 0 Å². The molecule has 0 saturated heterocycles. The lowest BCUT2D eigenvalue weighted by Gasteiger charge is -2.11. The Hall–Kier alpha value is -2.34. The molecular weight excluding hydrogens is 265 g/mol. The van der Waals surface area contributed by atoms with E-state index in [9.17, 15) is 4.39 Å². The largest absolute Gasteiger partial charge is 0.457 e. The van der Waals surface area contributed by atoms with Crippen LogP contribution < -0.4 is 4.74 Å². The SMILES string of the molecule is N#CCCc1ccc(Oc2ccc(F)c3c2CCC3)cc1. The van der Waals surface area contributed by atoms with Crippen LogP contribution in [-0.4, -0.2) is 0 Å². The van der Waals surface area contributed by atoms with Crippen LogP contribution in [0.4, 0.5) is 4.39 Å². The van der Waals surface area contributed by atoms with Crippen LogP contribution in [0.3, 0.4) is 0 Å². The van der Waals surface area contributed by atoms with Gasteiger partial charge in [-0.3, -0.25) is 0 Å². The van der Waals surface area contributed by atoms with Gasteiger partial charge < -0.3 is 4.74 Å². The number of benzene rings is 2. The van der Waals surface area contributed by atoms with Gasteiger partial charge in [-0.25, -0.2) is 4.39 Å². The fraction of sp³-hybridized carbons (Fsp3) is 0.278. The molecule has 0 aromatic heterocycles. The van der Waals surface area contributed by atoms with Crippen LogP contribution in [0.15, 0.2) is 36.4 Å².